The number of rotatable bonds is 7. The van der Waals surface area contributed by atoms with E-state index < -0.39 is 0 Å². The minimum absolute atomic E-state index is 0.00728. The van der Waals surface area contributed by atoms with Gasteiger partial charge in [0.2, 0.25) is 17.8 Å². The third-order valence-corrected chi connectivity index (χ3v) is 5.81. The summed E-state index contributed by atoms with van der Waals surface area (Å²) in [7, 11) is 0. The molecular formula is C25H25FN8O. The van der Waals surface area contributed by atoms with Gasteiger partial charge < -0.3 is 20.2 Å². The average molecular weight is 473 g/mol. The van der Waals surface area contributed by atoms with Crippen LogP contribution in [0, 0.1) is 5.82 Å². The first-order valence-electron chi connectivity index (χ1n) is 11.4. The van der Waals surface area contributed by atoms with E-state index in [4.69, 9.17) is 0 Å². The molecule has 0 atom stereocenters. The van der Waals surface area contributed by atoms with E-state index in [1.54, 1.807) is 12.1 Å². The van der Waals surface area contributed by atoms with Crippen molar-refractivity contribution in [2.45, 2.75) is 13.0 Å². The van der Waals surface area contributed by atoms with Gasteiger partial charge in [0.15, 0.2) is 0 Å². The van der Waals surface area contributed by atoms with Crippen LogP contribution in [0.25, 0.3) is 0 Å². The number of nitrogens with zero attached hydrogens (tertiary/aromatic N) is 7. The fourth-order valence-electron chi connectivity index (χ4n) is 3.87. The van der Waals surface area contributed by atoms with Gasteiger partial charge in [0.05, 0.1) is 6.61 Å². The van der Waals surface area contributed by atoms with E-state index in [0.717, 1.165) is 48.6 Å². The molecule has 0 unspecified atom stereocenters. The van der Waals surface area contributed by atoms with Crippen LogP contribution in [0.3, 0.4) is 0 Å². The summed E-state index contributed by atoms with van der Waals surface area (Å²) in [6.45, 7) is 2.96. The third-order valence-electron chi connectivity index (χ3n) is 5.81. The Morgan fingerprint density at radius 1 is 0.743 bits per heavy atom. The van der Waals surface area contributed by atoms with Crippen molar-refractivity contribution in [3.63, 3.8) is 0 Å². The maximum absolute atomic E-state index is 13.1. The van der Waals surface area contributed by atoms with Gasteiger partial charge in [0.1, 0.15) is 12.1 Å². The van der Waals surface area contributed by atoms with Crippen molar-refractivity contribution in [3.8, 4) is 0 Å². The summed E-state index contributed by atoms with van der Waals surface area (Å²) < 4.78 is 13.1. The first-order valence-corrected chi connectivity index (χ1v) is 11.4. The smallest absolute Gasteiger partial charge is 0.231 e. The Labute approximate surface area is 202 Å². The van der Waals surface area contributed by atoms with Crippen molar-refractivity contribution < 1.29 is 9.50 Å². The lowest BCUT2D eigenvalue weighted by Crippen LogP contribution is -2.47. The number of anilines is 4. The van der Waals surface area contributed by atoms with Crippen LogP contribution in [0.4, 0.5) is 27.9 Å². The van der Waals surface area contributed by atoms with Gasteiger partial charge in [-0.05, 0) is 41.0 Å². The minimum Gasteiger partial charge on any atom is -0.392 e. The molecule has 0 spiro atoms. The highest BCUT2D eigenvalue weighted by Crippen LogP contribution is 2.18. The number of aliphatic hydroxyl groups excluding tert-OH is 1. The number of hydrogen-bond acceptors (Lipinski definition) is 9. The molecule has 0 radical (unpaired) electrons. The van der Waals surface area contributed by atoms with Gasteiger partial charge in [-0.25, -0.2) is 24.3 Å². The van der Waals surface area contributed by atoms with Gasteiger partial charge in [-0.2, -0.15) is 4.98 Å². The maximum Gasteiger partial charge on any atom is 0.231 e. The SMILES string of the molecule is OCc1ccc(Nc2ncnc(N3CCN(c4ncc(Cc5ccc(F)cc5)cn4)CC3)n2)cc1. The minimum atomic E-state index is -0.238. The topological polar surface area (TPSA) is 103 Å². The zero-order valence-corrected chi connectivity index (χ0v) is 19.0. The number of aliphatic hydroxyl groups is 1. The van der Waals surface area contributed by atoms with Crippen molar-refractivity contribution >= 4 is 23.5 Å². The second kappa shape index (κ2) is 10.4. The highest BCUT2D eigenvalue weighted by atomic mass is 19.1. The Morgan fingerprint density at radius 3 is 2.03 bits per heavy atom. The summed E-state index contributed by atoms with van der Waals surface area (Å²) >= 11 is 0. The standard InChI is InChI=1S/C25H25FN8O/c26-21-5-1-18(2-6-21)13-20-14-27-24(28-15-20)33-9-11-34(12-10-33)25-30-17-29-23(32-25)31-22-7-3-19(16-35)4-8-22/h1-8,14-15,17,35H,9-13,16H2,(H,29,30,31,32). The number of nitrogens with one attached hydrogen (secondary N) is 1. The van der Waals surface area contributed by atoms with Crippen molar-refractivity contribution in [2.75, 3.05) is 41.3 Å². The number of aromatic nitrogens is 5. The van der Waals surface area contributed by atoms with Gasteiger partial charge in [-0.15, -0.1) is 0 Å². The van der Waals surface area contributed by atoms with E-state index >= 15 is 0 Å². The average Bonchev–Trinajstić information content (AvgIpc) is 2.91. The molecule has 0 amide bonds. The van der Waals surface area contributed by atoms with E-state index in [0.29, 0.717) is 24.3 Å². The van der Waals surface area contributed by atoms with Gasteiger partial charge in [-0.1, -0.05) is 24.3 Å². The fraction of sp³-hybridized carbons (Fsp3) is 0.240. The number of benzene rings is 2. The molecule has 5 rings (SSSR count). The third kappa shape index (κ3) is 5.67. The van der Waals surface area contributed by atoms with Crippen LogP contribution < -0.4 is 15.1 Å². The van der Waals surface area contributed by atoms with Crippen LogP contribution in [0.15, 0.2) is 67.3 Å². The molecular weight excluding hydrogens is 447 g/mol. The molecule has 2 aromatic heterocycles. The molecule has 4 aromatic rings. The van der Waals surface area contributed by atoms with E-state index in [-0.39, 0.29) is 12.4 Å². The molecule has 1 saturated heterocycles. The molecule has 1 aliphatic rings. The molecule has 178 valence electrons. The lowest BCUT2D eigenvalue weighted by atomic mass is 10.1. The van der Waals surface area contributed by atoms with E-state index in [1.165, 1.54) is 18.5 Å². The Kier molecular flexibility index (Phi) is 6.71. The van der Waals surface area contributed by atoms with Gasteiger partial charge >= 0.3 is 0 Å². The highest BCUT2D eigenvalue weighted by molar-refractivity contribution is 5.54. The van der Waals surface area contributed by atoms with Crippen LogP contribution in [0.2, 0.25) is 0 Å². The van der Waals surface area contributed by atoms with Crippen molar-refractivity contribution in [3.05, 3.63) is 89.8 Å². The molecule has 3 heterocycles. The van der Waals surface area contributed by atoms with Crippen LogP contribution in [-0.4, -0.2) is 56.2 Å². The molecule has 35 heavy (non-hydrogen) atoms. The maximum atomic E-state index is 13.1. The molecule has 2 aromatic carbocycles. The van der Waals surface area contributed by atoms with Crippen molar-refractivity contribution in [1.82, 2.24) is 24.9 Å². The molecule has 1 fully saturated rings. The zero-order chi connectivity index (χ0) is 24.0. The van der Waals surface area contributed by atoms with Crippen LogP contribution >= 0.6 is 0 Å². The normalized spacial score (nSPS) is 13.7. The molecule has 0 bridgehead atoms. The molecule has 1 aliphatic heterocycles. The number of halogens is 1. The Balaban J connectivity index is 1.17. The van der Waals surface area contributed by atoms with Gasteiger partial charge in [-0.3, -0.25) is 0 Å². The summed E-state index contributed by atoms with van der Waals surface area (Å²) in [6, 6.07) is 13.9. The molecule has 10 heteroatoms. The van der Waals surface area contributed by atoms with E-state index in [9.17, 15) is 9.50 Å². The highest BCUT2D eigenvalue weighted by Gasteiger charge is 2.21. The quantitative estimate of drug-likeness (QED) is 0.420. The molecule has 9 nitrogen and oxygen atoms in total. The summed E-state index contributed by atoms with van der Waals surface area (Å²) in [5, 5.41) is 12.4. The van der Waals surface area contributed by atoms with Crippen molar-refractivity contribution in [2.24, 2.45) is 0 Å². The molecule has 2 N–H and O–H groups in total. The fourth-order valence-corrected chi connectivity index (χ4v) is 3.87. The predicted molar refractivity (Wildman–Crippen MR) is 131 cm³/mol. The van der Waals surface area contributed by atoms with Gasteiger partial charge in [0.25, 0.3) is 0 Å². The summed E-state index contributed by atoms with van der Waals surface area (Å²) in [5.41, 5.74) is 3.68. The molecule has 0 aliphatic carbocycles. The Bertz CT molecular complexity index is 1240. The largest absolute Gasteiger partial charge is 0.392 e. The lowest BCUT2D eigenvalue weighted by Gasteiger charge is -2.34. The first kappa shape index (κ1) is 22.6. The number of piperazine rings is 1. The van der Waals surface area contributed by atoms with E-state index in [2.05, 4.69) is 40.0 Å². The summed E-state index contributed by atoms with van der Waals surface area (Å²) in [4.78, 5) is 26.5. The van der Waals surface area contributed by atoms with Crippen LogP contribution in [0.1, 0.15) is 16.7 Å². The second-order valence-electron chi connectivity index (χ2n) is 8.26. The van der Waals surface area contributed by atoms with Gasteiger partial charge in [0, 0.05) is 50.7 Å². The zero-order valence-electron chi connectivity index (χ0n) is 19.0. The first-order chi connectivity index (χ1) is 17.2. The Hall–Kier alpha value is -4.18. The van der Waals surface area contributed by atoms with E-state index in [1.807, 2.05) is 36.7 Å². The lowest BCUT2D eigenvalue weighted by molar-refractivity contribution is 0.282. The van der Waals surface area contributed by atoms with Crippen LogP contribution in [-0.2, 0) is 13.0 Å². The van der Waals surface area contributed by atoms with Crippen molar-refractivity contribution in [1.29, 1.82) is 0 Å². The Morgan fingerprint density at radius 2 is 1.37 bits per heavy atom. The second-order valence-corrected chi connectivity index (χ2v) is 8.26. The predicted octanol–water partition coefficient (Wildman–Crippen LogP) is 2.95. The number of hydrogen-bond donors (Lipinski definition) is 2. The molecule has 0 saturated carbocycles. The van der Waals surface area contributed by atoms with Crippen LogP contribution in [0.5, 0.6) is 0 Å². The monoisotopic (exact) mass is 472 g/mol. The summed E-state index contributed by atoms with van der Waals surface area (Å²) in [6.07, 6.45) is 5.82. The summed E-state index contributed by atoms with van der Waals surface area (Å²) in [5.74, 6) is 1.54.